The second-order valence-electron chi connectivity index (χ2n) is 4.26. The average Bonchev–Trinajstić information content (AvgIpc) is 2.53. The molecule has 2 aromatic heterocycles. The van der Waals surface area contributed by atoms with Crippen molar-refractivity contribution in [2.24, 2.45) is 0 Å². The summed E-state index contributed by atoms with van der Waals surface area (Å²) in [5.41, 5.74) is 1.21. The first kappa shape index (κ1) is 10.1. The Kier molecular flexibility index (Phi) is 2.04. The van der Waals surface area contributed by atoms with E-state index in [9.17, 15) is 9.59 Å². The van der Waals surface area contributed by atoms with Gasteiger partial charge >= 0.3 is 0 Å². The molecule has 1 saturated heterocycles. The molecule has 0 unspecified atom stereocenters. The van der Waals surface area contributed by atoms with E-state index in [2.05, 4.69) is 10.1 Å². The first-order valence-corrected chi connectivity index (χ1v) is 5.54. The molecule has 3 rings (SSSR count). The van der Waals surface area contributed by atoms with Crippen LogP contribution in [0.1, 0.15) is 22.5 Å². The summed E-state index contributed by atoms with van der Waals surface area (Å²) in [5, 5.41) is 4.18. The summed E-state index contributed by atoms with van der Waals surface area (Å²) < 4.78 is 1.53. The Morgan fingerprint density at radius 2 is 2.24 bits per heavy atom. The number of hydrogen-bond acceptors (Lipinski definition) is 3. The largest absolute Gasteiger partial charge is 0.338 e. The molecule has 0 saturated carbocycles. The smallest absolute Gasteiger partial charge is 0.264 e. The van der Waals surface area contributed by atoms with Gasteiger partial charge in [0.2, 0.25) is 0 Å². The normalized spacial score (nSPS) is 15.0. The van der Waals surface area contributed by atoms with Crippen LogP contribution in [0, 0.1) is 6.92 Å². The molecular weight excluding hydrogens is 220 g/mol. The lowest BCUT2D eigenvalue weighted by atomic mass is 10.2. The van der Waals surface area contributed by atoms with Crippen molar-refractivity contribution in [1.29, 1.82) is 0 Å². The summed E-state index contributed by atoms with van der Waals surface area (Å²) in [6.45, 7) is 3.30. The van der Waals surface area contributed by atoms with Crippen molar-refractivity contribution in [3.63, 3.8) is 0 Å². The molecule has 0 atom stereocenters. The van der Waals surface area contributed by atoms with Crippen LogP contribution in [0.25, 0.3) is 5.65 Å². The highest BCUT2D eigenvalue weighted by atomic mass is 16.2. The predicted molar refractivity (Wildman–Crippen MR) is 61.1 cm³/mol. The summed E-state index contributed by atoms with van der Waals surface area (Å²) >= 11 is 0. The minimum absolute atomic E-state index is 0.153. The van der Waals surface area contributed by atoms with Crippen molar-refractivity contribution < 1.29 is 4.79 Å². The number of nitrogens with one attached hydrogen (secondary N) is 1. The van der Waals surface area contributed by atoms with E-state index in [1.165, 1.54) is 10.7 Å². The molecule has 0 aliphatic carbocycles. The lowest BCUT2D eigenvalue weighted by Gasteiger charge is -2.30. The number of H-pyrrole nitrogens is 1. The van der Waals surface area contributed by atoms with E-state index in [1.54, 1.807) is 11.0 Å². The summed E-state index contributed by atoms with van der Waals surface area (Å²) in [6, 6.07) is 1.76. The highest BCUT2D eigenvalue weighted by Gasteiger charge is 2.24. The Labute approximate surface area is 96.9 Å². The van der Waals surface area contributed by atoms with E-state index in [1.807, 2.05) is 6.92 Å². The molecule has 6 heteroatoms. The van der Waals surface area contributed by atoms with E-state index in [0.29, 0.717) is 5.65 Å². The minimum atomic E-state index is -0.352. The van der Waals surface area contributed by atoms with Crippen LogP contribution in [-0.4, -0.2) is 38.5 Å². The summed E-state index contributed by atoms with van der Waals surface area (Å²) in [5.74, 6) is -0.215. The Hall–Kier alpha value is -2.11. The van der Waals surface area contributed by atoms with Crippen LogP contribution in [0.4, 0.5) is 0 Å². The summed E-state index contributed by atoms with van der Waals surface area (Å²) in [7, 11) is 0. The van der Waals surface area contributed by atoms with Gasteiger partial charge in [0.05, 0.1) is 5.69 Å². The molecule has 88 valence electrons. The first-order valence-electron chi connectivity index (χ1n) is 5.54. The SMILES string of the molecule is Cc1cc2[nH]c(=O)c(C(=O)N3CCC3)cn2n1. The molecule has 2 aromatic rings. The molecule has 1 aliphatic heterocycles. The molecule has 1 amide bonds. The molecule has 0 spiro atoms. The van der Waals surface area contributed by atoms with Crippen LogP contribution in [0.2, 0.25) is 0 Å². The number of aromatic nitrogens is 3. The monoisotopic (exact) mass is 232 g/mol. The Balaban J connectivity index is 2.12. The number of aromatic amines is 1. The molecule has 0 radical (unpaired) electrons. The number of rotatable bonds is 1. The molecule has 17 heavy (non-hydrogen) atoms. The van der Waals surface area contributed by atoms with Gasteiger partial charge in [0.15, 0.2) is 0 Å². The number of amides is 1. The highest BCUT2D eigenvalue weighted by Crippen LogP contribution is 2.10. The molecule has 0 aromatic carbocycles. The summed E-state index contributed by atoms with van der Waals surface area (Å²) in [4.78, 5) is 28.1. The lowest BCUT2D eigenvalue weighted by molar-refractivity contribution is 0.0649. The van der Waals surface area contributed by atoms with Gasteiger partial charge in [-0.25, -0.2) is 4.52 Å². The van der Waals surface area contributed by atoms with Crippen LogP contribution in [0.5, 0.6) is 0 Å². The van der Waals surface area contributed by atoms with Gasteiger partial charge in [-0.1, -0.05) is 0 Å². The van der Waals surface area contributed by atoms with Crippen molar-refractivity contribution in [2.45, 2.75) is 13.3 Å². The molecular formula is C11H12N4O2. The quantitative estimate of drug-likeness (QED) is 0.762. The van der Waals surface area contributed by atoms with Gasteiger partial charge in [0.25, 0.3) is 11.5 Å². The van der Waals surface area contributed by atoms with Crippen molar-refractivity contribution in [2.75, 3.05) is 13.1 Å². The Morgan fingerprint density at radius 3 is 2.88 bits per heavy atom. The second kappa shape index (κ2) is 3.44. The van der Waals surface area contributed by atoms with Crippen LogP contribution in [0.15, 0.2) is 17.1 Å². The third-order valence-electron chi connectivity index (χ3n) is 2.97. The van der Waals surface area contributed by atoms with E-state index in [-0.39, 0.29) is 17.0 Å². The fraction of sp³-hybridized carbons (Fsp3) is 0.364. The van der Waals surface area contributed by atoms with Crippen LogP contribution in [0.3, 0.4) is 0 Å². The summed E-state index contributed by atoms with van der Waals surface area (Å²) in [6.07, 6.45) is 2.51. The maximum Gasteiger partial charge on any atom is 0.264 e. The number of nitrogens with zero attached hydrogens (tertiary/aromatic N) is 3. The van der Waals surface area contributed by atoms with E-state index in [4.69, 9.17) is 0 Å². The Morgan fingerprint density at radius 1 is 1.47 bits per heavy atom. The van der Waals surface area contributed by atoms with E-state index < -0.39 is 0 Å². The lowest BCUT2D eigenvalue weighted by Crippen LogP contribution is -2.44. The third kappa shape index (κ3) is 1.52. The zero-order valence-corrected chi connectivity index (χ0v) is 9.43. The van der Waals surface area contributed by atoms with Gasteiger partial charge in [-0.05, 0) is 13.3 Å². The van der Waals surface area contributed by atoms with Crippen molar-refractivity contribution in [3.05, 3.63) is 33.9 Å². The predicted octanol–water partition coefficient (Wildman–Crippen LogP) is 0.177. The fourth-order valence-corrected chi connectivity index (χ4v) is 1.92. The number of hydrogen-bond donors (Lipinski definition) is 1. The van der Waals surface area contributed by atoms with E-state index >= 15 is 0 Å². The number of carbonyl (C=O) groups excluding carboxylic acids is 1. The van der Waals surface area contributed by atoms with E-state index in [0.717, 1.165) is 25.2 Å². The maximum absolute atomic E-state index is 12.0. The maximum atomic E-state index is 12.0. The zero-order valence-electron chi connectivity index (χ0n) is 9.43. The topological polar surface area (TPSA) is 70.5 Å². The standard InChI is InChI=1S/C11H12N4O2/c1-7-5-9-12-10(16)8(6-15(9)13-7)11(17)14-3-2-4-14/h5-6H,2-4H2,1H3,(H,12,16). The first-order chi connectivity index (χ1) is 8.15. The number of likely N-dealkylation sites (tertiary alicyclic amines) is 1. The fourth-order valence-electron chi connectivity index (χ4n) is 1.92. The molecule has 3 heterocycles. The van der Waals surface area contributed by atoms with Crippen LogP contribution < -0.4 is 5.56 Å². The van der Waals surface area contributed by atoms with Gasteiger partial charge < -0.3 is 9.88 Å². The molecule has 0 bridgehead atoms. The zero-order chi connectivity index (χ0) is 12.0. The van der Waals surface area contributed by atoms with Crippen LogP contribution >= 0.6 is 0 Å². The van der Waals surface area contributed by atoms with Gasteiger partial charge in [0.1, 0.15) is 11.2 Å². The number of fused-ring (bicyclic) bond motifs is 1. The molecule has 1 fully saturated rings. The molecule has 1 N–H and O–H groups in total. The van der Waals surface area contributed by atoms with Gasteiger partial charge in [-0.3, -0.25) is 9.59 Å². The van der Waals surface area contributed by atoms with Crippen molar-refractivity contribution in [1.82, 2.24) is 19.5 Å². The van der Waals surface area contributed by atoms with Crippen molar-refractivity contribution in [3.8, 4) is 0 Å². The minimum Gasteiger partial charge on any atom is -0.338 e. The van der Waals surface area contributed by atoms with Crippen molar-refractivity contribution >= 4 is 11.6 Å². The van der Waals surface area contributed by atoms with Gasteiger partial charge in [0, 0.05) is 25.4 Å². The highest BCUT2D eigenvalue weighted by molar-refractivity contribution is 5.94. The van der Waals surface area contributed by atoms with Gasteiger partial charge in [-0.15, -0.1) is 0 Å². The van der Waals surface area contributed by atoms with Gasteiger partial charge in [-0.2, -0.15) is 5.10 Å². The number of carbonyl (C=O) groups is 1. The molecule has 6 nitrogen and oxygen atoms in total. The average molecular weight is 232 g/mol. The Bertz CT molecular complexity index is 651. The second-order valence-corrected chi connectivity index (χ2v) is 4.26. The van der Waals surface area contributed by atoms with Crippen LogP contribution in [-0.2, 0) is 0 Å². The molecule has 1 aliphatic rings. The third-order valence-corrected chi connectivity index (χ3v) is 2.97. The number of aryl methyl sites for hydroxylation is 1.